The molecule has 0 radical (unpaired) electrons. The van der Waals surface area contributed by atoms with E-state index in [4.69, 9.17) is 8.83 Å². The Kier molecular flexibility index (Phi) is 3.77. The standard InChI is InChI=1S/C12H10N2O5/c15-11(13-8-10-2-1-7-18-10)5-3-9-4-6-12(19-9)14(16)17/h1-7H,8H2,(H,13,15)/b5-3+. The van der Waals surface area contributed by atoms with Gasteiger partial charge in [0.2, 0.25) is 5.91 Å². The van der Waals surface area contributed by atoms with E-state index in [9.17, 15) is 14.9 Å². The van der Waals surface area contributed by atoms with Crippen LogP contribution < -0.4 is 5.32 Å². The Morgan fingerprint density at radius 1 is 1.42 bits per heavy atom. The Bertz CT molecular complexity index is 597. The van der Waals surface area contributed by atoms with Crippen molar-refractivity contribution in [2.75, 3.05) is 0 Å². The molecule has 0 aromatic carbocycles. The minimum absolute atomic E-state index is 0.236. The molecule has 0 unspecified atom stereocenters. The van der Waals surface area contributed by atoms with Gasteiger partial charge in [-0.3, -0.25) is 14.9 Å². The van der Waals surface area contributed by atoms with E-state index in [0.29, 0.717) is 5.76 Å². The summed E-state index contributed by atoms with van der Waals surface area (Å²) in [6.45, 7) is 0.272. The summed E-state index contributed by atoms with van der Waals surface area (Å²) in [6, 6.07) is 6.09. The van der Waals surface area contributed by atoms with Gasteiger partial charge in [-0.15, -0.1) is 0 Å². The number of nitrogens with zero attached hydrogens (tertiary/aromatic N) is 1. The summed E-state index contributed by atoms with van der Waals surface area (Å²) in [6.07, 6.45) is 4.09. The number of carbonyl (C=O) groups excluding carboxylic acids is 1. The largest absolute Gasteiger partial charge is 0.467 e. The fourth-order valence-electron chi connectivity index (χ4n) is 1.33. The van der Waals surface area contributed by atoms with Crippen LogP contribution in [0.1, 0.15) is 11.5 Å². The van der Waals surface area contributed by atoms with E-state index in [1.54, 1.807) is 12.1 Å². The molecule has 2 heterocycles. The van der Waals surface area contributed by atoms with Crippen LogP contribution in [-0.4, -0.2) is 10.8 Å². The van der Waals surface area contributed by atoms with E-state index in [2.05, 4.69) is 5.32 Å². The summed E-state index contributed by atoms with van der Waals surface area (Å²) in [5.41, 5.74) is 0. The van der Waals surface area contributed by atoms with Crippen LogP contribution in [0.25, 0.3) is 6.08 Å². The van der Waals surface area contributed by atoms with E-state index >= 15 is 0 Å². The molecule has 7 heteroatoms. The van der Waals surface area contributed by atoms with E-state index in [1.807, 2.05) is 0 Å². The molecule has 19 heavy (non-hydrogen) atoms. The van der Waals surface area contributed by atoms with Crippen molar-refractivity contribution < 1.29 is 18.6 Å². The summed E-state index contributed by atoms with van der Waals surface area (Å²) >= 11 is 0. The van der Waals surface area contributed by atoms with Gasteiger partial charge in [-0.1, -0.05) is 0 Å². The highest BCUT2D eigenvalue weighted by Crippen LogP contribution is 2.16. The molecule has 1 amide bonds. The number of rotatable bonds is 5. The SMILES string of the molecule is O=C(/C=C/c1ccc([N+](=O)[O-])o1)NCc1ccco1. The number of hydrogen-bond acceptors (Lipinski definition) is 5. The molecular weight excluding hydrogens is 252 g/mol. The third-order valence-electron chi connectivity index (χ3n) is 2.21. The molecule has 7 nitrogen and oxygen atoms in total. The van der Waals surface area contributed by atoms with Gasteiger partial charge in [0.15, 0.2) is 0 Å². The zero-order chi connectivity index (χ0) is 13.7. The first-order valence-corrected chi connectivity index (χ1v) is 5.37. The van der Waals surface area contributed by atoms with E-state index in [0.717, 1.165) is 0 Å². The molecule has 2 aromatic rings. The molecule has 2 rings (SSSR count). The van der Waals surface area contributed by atoms with Gasteiger partial charge in [0.1, 0.15) is 16.4 Å². The van der Waals surface area contributed by atoms with Crippen molar-refractivity contribution in [2.24, 2.45) is 0 Å². The zero-order valence-corrected chi connectivity index (χ0v) is 9.74. The highest BCUT2D eigenvalue weighted by molar-refractivity contribution is 5.91. The number of nitro groups is 1. The Balaban J connectivity index is 1.87. The first-order valence-electron chi connectivity index (χ1n) is 5.37. The van der Waals surface area contributed by atoms with Crippen LogP contribution >= 0.6 is 0 Å². The van der Waals surface area contributed by atoms with Gasteiger partial charge in [0.25, 0.3) is 0 Å². The van der Waals surface area contributed by atoms with Crippen LogP contribution in [-0.2, 0) is 11.3 Å². The summed E-state index contributed by atoms with van der Waals surface area (Å²) in [7, 11) is 0. The van der Waals surface area contributed by atoms with E-state index < -0.39 is 4.92 Å². The van der Waals surface area contributed by atoms with Gasteiger partial charge in [0.05, 0.1) is 18.9 Å². The molecule has 1 N–H and O–H groups in total. The molecule has 0 saturated heterocycles. The Hall–Kier alpha value is -2.83. The van der Waals surface area contributed by atoms with Crippen LogP contribution in [0.2, 0.25) is 0 Å². The molecule has 98 valence electrons. The highest BCUT2D eigenvalue weighted by Gasteiger charge is 2.10. The van der Waals surface area contributed by atoms with Crippen molar-refractivity contribution in [1.82, 2.24) is 5.32 Å². The van der Waals surface area contributed by atoms with Crippen LogP contribution in [0, 0.1) is 10.1 Å². The lowest BCUT2D eigenvalue weighted by Gasteiger charge is -1.97. The number of amides is 1. The van der Waals surface area contributed by atoms with Crippen molar-refractivity contribution in [3.63, 3.8) is 0 Å². The predicted molar refractivity (Wildman–Crippen MR) is 65.0 cm³/mol. The van der Waals surface area contributed by atoms with Crippen molar-refractivity contribution in [3.8, 4) is 0 Å². The van der Waals surface area contributed by atoms with Crippen LogP contribution in [0.5, 0.6) is 0 Å². The van der Waals surface area contributed by atoms with Crippen LogP contribution in [0.3, 0.4) is 0 Å². The Morgan fingerprint density at radius 2 is 2.26 bits per heavy atom. The summed E-state index contributed by atoms with van der Waals surface area (Å²) in [5, 5.41) is 13.0. The van der Waals surface area contributed by atoms with Crippen molar-refractivity contribution >= 4 is 17.9 Å². The lowest BCUT2D eigenvalue weighted by Crippen LogP contribution is -2.19. The molecule has 0 fully saturated rings. The molecule has 2 aromatic heterocycles. The second-order valence-corrected chi connectivity index (χ2v) is 3.56. The van der Waals surface area contributed by atoms with Gasteiger partial charge in [-0.2, -0.15) is 0 Å². The molecule has 0 aliphatic carbocycles. The first kappa shape index (κ1) is 12.6. The lowest BCUT2D eigenvalue weighted by atomic mass is 10.3. The maximum Gasteiger partial charge on any atom is 0.433 e. The smallest absolute Gasteiger partial charge is 0.433 e. The molecule has 0 atom stereocenters. The predicted octanol–water partition coefficient (Wildman–Crippen LogP) is 2.11. The minimum atomic E-state index is -0.645. The van der Waals surface area contributed by atoms with Crippen LogP contribution in [0.15, 0.2) is 45.4 Å². The molecular formula is C12H10N2O5. The third-order valence-corrected chi connectivity index (χ3v) is 2.21. The van der Waals surface area contributed by atoms with E-state index in [1.165, 1.54) is 30.5 Å². The Labute approximate surface area is 107 Å². The van der Waals surface area contributed by atoms with Crippen molar-refractivity contribution in [3.05, 3.63) is 58.2 Å². The molecule has 0 spiro atoms. The molecule has 0 bridgehead atoms. The fraction of sp³-hybridized carbons (Fsp3) is 0.0833. The molecule has 0 saturated carbocycles. The average molecular weight is 262 g/mol. The summed E-state index contributed by atoms with van der Waals surface area (Å²) < 4.78 is 9.91. The summed E-state index contributed by atoms with van der Waals surface area (Å²) in [4.78, 5) is 21.2. The fourth-order valence-corrected chi connectivity index (χ4v) is 1.33. The molecule has 0 aliphatic rings. The minimum Gasteiger partial charge on any atom is -0.467 e. The topological polar surface area (TPSA) is 98.5 Å². The number of hydrogen-bond donors (Lipinski definition) is 1. The van der Waals surface area contributed by atoms with Gasteiger partial charge in [0, 0.05) is 6.08 Å². The molecule has 0 aliphatic heterocycles. The van der Waals surface area contributed by atoms with E-state index in [-0.39, 0.29) is 24.1 Å². The lowest BCUT2D eigenvalue weighted by molar-refractivity contribution is -0.402. The number of nitrogens with one attached hydrogen (secondary N) is 1. The Morgan fingerprint density at radius 3 is 2.89 bits per heavy atom. The number of carbonyl (C=O) groups is 1. The summed E-state index contributed by atoms with van der Waals surface area (Å²) in [5.74, 6) is 0.154. The normalized spacial score (nSPS) is 10.7. The van der Waals surface area contributed by atoms with Crippen molar-refractivity contribution in [1.29, 1.82) is 0 Å². The maximum atomic E-state index is 11.4. The number of furan rings is 2. The quantitative estimate of drug-likeness (QED) is 0.505. The van der Waals surface area contributed by atoms with Gasteiger partial charge >= 0.3 is 5.88 Å². The third kappa shape index (κ3) is 3.56. The van der Waals surface area contributed by atoms with Gasteiger partial charge < -0.3 is 14.2 Å². The zero-order valence-electron chi connectivity index (χ0n) is 9.74. The first-order chi connectivity index (χ1) is 9.15. The highest BCUT2D eigenvalue weighted by atomic mass is 16.6. The second kappa shape index (κ2) is 5.67. The average Bonchev–Trinajstić information content (AvgIpc) is 3.05. The van der Waals surface area contributed by atoms with Crippen LogP contribution in [0.4, 0.5) is 5.88 Å². The van der Waals surface area contributed by atoms with Gasteiger partial charge in [-0.25, -0.2) is 0 Å². The van der Waals surface area contributed by atoms with Gasteiger partial charge in [-0.05, 0) is 24.3 Å². The maximum absolute atomic E-state index is 11.4. The second-order valence-electron chi connectivity index (χ2n) is 3.56. The van der Waals surface area contributed by atoms with Crippen molar-refractivity contribution in [2.45, 2.75) is 6.54 Å². The monoisotopic (exact) mass is 262 g/mol.